The summed E-state index contributed by atoms with van der Waals surface area (Å²) >= 11 is 6.86. The molecule has 2 aromatic carbocycles. The van der Waals surface area contributed by atoms with Gasteiger partial charge in [-0.1, -0.05) is 35.8 Å². The first-order valence-electron chi connectivity index (χ1n) is 7.26. The number of halogens is 2. The SMILES string of the molecule is Cc1ccc(OCC(=O)Oc2ccc(Br)cc2C(C)C)c(Br)c1. The zero-order chi connectivity index (χ0) is 17.0. The molecule has 0 radical (unpaired) electrons. The van der Waals surface area contributed by atoms with Crippen molar-refractivity contribution in [1.82, 2.24) is 0 Å². The molecule has 0 bridgehead atoms. The highest BCUT2D eigenvalue weighted by Gasteiger charge is 2.13. The molecule has 5 heteroatoms. The summed E-state index contributed by atoms with van der Waals surface area (Å²) in [4.78, 5) is 12.0. The maximum Gasteiger partial charge on any atom is 0.349 e. The smallest absolute Gasteiger partial charge is 0.349 e. The van der Waals surface area contributed by atoms with Gasteiger partial charge in [0, 0.05) is 4.47 Å². The molecule has 0 aromatic heterocycles. The van der Waals surface area contributed by atoms with E-state index in [4.69, 9.17) is 9.47 Å². The average molecular weight is 442 g/mol. The van der Waals surface area contributed by atoms with Crippen molar-refractivity contribution < 1.29 is 14.3 Å². The molecule has 2 aromatic rings. The minimum absolute atomic E-state index is 0.144. The van der Waals surface area contributed by atoms with E-state index in [0.717, 1.165) is 20.1 Å². The number of carbonyl (C=O) groups excluding carboxylic acids is 1. The molecule has 0 saturated carbocycles. The van der Waals surface area contributed by atoms with Gasteiger partial charge in [0.15, 0.2) is 6.61 Å². The third kappa shape index (κ3) is 5.08. The molecular weight excluding hydrogens is 424 g/mol. The molecule has 122 valence electrons. The molecule has 0 heterocycles. The van der Waals surface area contributed by atoms with Crippen LogP contribution in [0.3, 0.4) is 0 Å². The van der Waals surface area contributed by atoms with E-state index in [1.54, 1.807) is 6.07 Å². The molecule has 0 unspecified atom stereocenters. The standard InChI is InChI=1S/C18H18Br2O3/c1-11(2)14-9-13(19)5-7-16(14)23-18(21)10-22-17-6-4-12(3)8-15(17)20/h4-9,11H,10H2,1-3H3. The Labute approximate surface area is 153 Å². The van der Waals surface area contributed by atoms with Crippen molar-refractivity contribution in [3.05, 3.63) is 56.5 Å². The fraction of sp³-hybridized carbons (Fsp3) is 0.278. The molecule has 2 rings (SSSR count). The number of benzene rings is 2. The molecule has 0 aliphatic carbocycles. The van der Waals surface area contributed by atoms with Gasteiger partial charge in [0.25, 0.3) is 0 Å². The van der Waals surface area contributed by atoms with Crippen LogP contribution >= 0.6 is 31.9 Å². The maximum absolute atomic E-state index is 12.0. The van der Waals surface area contributed by atoms with E-state index in [1.165, 1.54) is 0 Å². The van der Waals surface area contributed by atoms with Gasteiger partial charge in [-0.2, -0.15) is 0 Å². The van der Waals surface area contributed by atoms with Crippen molar-refractivity contribution in [2.45, 2.75) is 26.7 Å². The van der Waals surface area contributed by atoms with Crippen LogP contribution in [0.25, 0.3) is 0 Å². The van der Waals surface area contributed by atoms with Gasteiger partial charge in [0.1, 0.15) is 11.5 Å². The molecule has 0 aliphatic rings. The molecule has 0 N–H and O–H groups in total. The van der Waals surface area contributed by atoms with Crippen LogP contribution < -0.4 is 9.47 Å². The van der Waals surface area contributed by atoms with Crippen LogP contribution in [0.4, 0.5) is 0 Å². The first-order chi connectivity index (χ1) is 10.9. The van der Waals surface area contributed by atoms with E-state index in [1.807, 2.05) is 37.3 Å². The van der Waals surface area contributed by atoms with Gasteiger partial charge in [0.05, 0.1) is 4.47 Å². The molecule has 3 nitrogen and oxygen atoms in total. The number of rotatable bonds is 5. The van der Waals surface area contributed by atoms with Crippen molar-refractivity contribution in [3.8, 4) is 11.5 Å². The van der Waals surface area contributed by atoms with Gasteiger partial charge in [-0.3, -0.25) is 0 Å². The Morgan fingerprint density at radius 1 is 1.09 bits per heavy atom. The molecule has 0 fully saturated rings. The summed E-state index contributed by atoms with van der Waals surface area (Å²) in [6, 6.07) is 11.3. The Hall–Kier alpha value is -1.33. The highest BCUT2D eigenvalue weighted by atomic mass is 79.9. The monoisotopic (exact) mass is 440 g/mol. The number of carbonyl (C=O) groups is 1. The van der Waals surface area contributed by atoms with Crippen LogP contribution in [-0.2, 0) is 4.79 Å². The third-order valence-corrected chi connectivity index (χ3v) is 4.36. The number of ether oxygens (including phenoxy) is 2. The van der Waals surface area contributed by atoms with Crippen LogP contribution in [0, 0.1) is 6.92 Å². The number of aryl methyl sites for hydroxylation is 1. The van der Waals surface area contributed by atoms with Gasteiger partial charge in [-0.25, -0.2) is 4.79 Å². The Kier molecular flexibility index (Phi) is 6.25. The normalized spacial score (nSPS) is 10.7. The van der Waals surface area contributed by atoms with Crippen molar-refractivity contribution in [1.29, 1.82) is 0 Å². The second kappa shape index (κ2) is 7.97. The van der Waals surface area contributed by atoms with Gasteiger partial charge in [-0.05, 0) is 70.2 Å². The van der Waals surface area contributed by atoms with Crippen molar-refractivity contribution >= 4 is 37.8 Å². The lowest BCUT2D eigenvalue weighted by atomic mass is 10.0. The van der Waals surface area contributed by atoms with E-state index in [0.29, 0.717) is 11.5 Å². The lowest BCUT2D eigenvalue weighted by Gasteiger charge is -2.14. The van der Waals surface area contributed by atoms with E-state index < -0.39 is 5.97 Å². The predicted molar refractivity (Wildman–Crippen MR) is 98.2 cm³/mol. The second-order valence-electron chi connectivity index (χ2n) is 5.53. The lowest BCUT2D eigenvalue weighted by molar-refractivity contribution is -0.136. The number of hydrogen-bond donors (Lipinski definition) is 0. The summed E-state index contributed by atoms with van der Waals surface area (Å²) in [5, 5.41) is 0. The van der Waals surface area contributed by atoms with E-state index >= 15 is 0 Å². The lowest BCUT2D eigenvalue weighted by Crippen LogP contribution is -2.18. The summed E-state index contributed by atoms with van der Waals surface area (Å²) in [5.74, 6) is 1.01. The quantitative estimate of drug-likeness (QED) is 0.445. The zero-order valence-corrected chi connectivity index (χ0v) is 16.4. The summed E-state index contributed by atoms with van der Waals surface area (Å²) < 4.78 is 12.7. The van der Waals surface area contributed by atoms with Gasteiger partial charge in [0.2, 0.25) is 0 Å². The molecular formula is C18H18Br2O3. The molecule has 23 heavy (non-hydrogen) atoms. The first kappa shape index (κ1) is 18.0. The third-order valence-electron chi connectivity index (χ3n) is 3.25. The highest BCUT2D eigenvalue weighted by Crippen LogP contribution is 2.30. The zero-order valence-electron chi connectivity index (χ0n) is 13.2. The summed E-state index contributed by atoms with van der Waals surface area (Å²) in [5.41, 5.74) is 2.09. The average Bonchev–Trinajstić information content (AvgIpc) is 2.48. The summed E-state index contributed by atoms with van der Waals surface area (Å²) in [6.45, 7) is 5.96. The fourth-order valence-corrected chi connectivity index (χ4v) is 3.06. The Balaban J connectivity index is 2.03. The minimum atomic E-state index is -0.429. The predicted octanol–water partition coefficient (Wildman–Crippen LogP) is 5.63. The Morgan fingerprint density at radius 3 is 2.43 bits per heavy atom. The van der Waals surface area contributed by atoms with Crippen LogP contribution in [0.15, 0.2) is 45.3 Å². The first-order valence-corrected chi connectivity index (χ1v) is 8.84. The molecule has 0 spiro atoms. The fourth-order valence-electron chi connectivity index (χ4n) is 2.08. The second-order valence-corrected chi connectivity index (χ2v) is 7.30. The van der Waals surface area contributed by atoms with Crippen LogP contribution in [0.2, 0.25) is 0 Å². The number of hydrogen-bond acceptors (Lipinski definition) is 3. The highest BCUT2D eigenvalue weighted by molar-refractivity contribution is 9.10. The van der Waals surface area contributed by atoms with Crippen LogP contribution in [0.5, 0.6) is 11.5 Å². The van der Waals surface area contributed by atoms with E-state index in [-0.39, 0.29) is 12.5 Å². The van der Waals surface area contributed by atoms with Crippen LogP contribution in [0.1, 0.15) is 30.9 Å². The van der Waals surface area contributed by atoms with Crippen LogP contribution in [-0.4, -0.2) is 12.6 Å². The number of esters is 1. The van der Waals surface area contributed by atoms with Crippen molar-refractivity contribution in [2.24, 2.45) is 0 Å². The Morgan fingerprint density at radius 2 is 1.78 bits per heavy atom. The summed E-state index contributed by atoms with van der Waals surface area (Å²) in [7, 11) is 0. The van der Waals surface area contributed by atoms with Crippen molar-refractivity contribution in [3.63, 3.8) is 0 Å². The topological polar surface area (TPSA) is 35.5 Å². The van der Waals surface area contributed by atoms with E-state index in [2.05, 4.69) is 45.7 Å². The van der Waals surface area contributed by atoms with Gasteiger partial charge < -0.3 is 9.47 Å². The molecule has 0 aliphatic heterocycles. The van der Waals surface area contributed by atoms with Gasteiger partial charge in [-0.15, -0.1) is 0 Å². The van der Waals surface area contributed by atoms with Gasteiger partial charge >= 0.3 is 5.97 Å². The van der Waals surface area contributed by atoms with E-state index in [9.17, 15) is 4.79 Å². The maximum atomic E-state index is 12.0. The van der Waals surface area contributed by atoms with Crippen molar-refractivity contribution in [2.75, 3.05) is 6.61 Å². The molecule has 0 saturated heterocycles. The Bertz CT molecular complexity index is 711. The summed E-state index contributed by atoms with van der Waals surface area (Å²) in [6.07, 6.45) is 0. The largest absolute Gasteiger partial charge is 0.481 e. The molecule has 0 amide bonds. The minimum Gasteiger partial charge on any atom is -0.481 e. The molecule has 0 atom stereocenters.